The van der Waals surface area contributed by atoms with Gasteiger partial charge in [0, 0.05) is 19.1 Å². The molecule has 0 aromatic heterocycles. The molecule has 0 amide bonds. The molecule has 1 aliphatic rings. The van der Waals surface area contributed by atoms with Crippen LogP contribution < -0.4 is 5.32 Å². The van der Waals surface area contributed by atoms with Crippen LogP contribution in [0.25, 0.3) is 0 Å². The summed E-state index contributed by atoms with van der Waals surface area (Å²) in [4.78, 5) is 2.56. The van der Waals surface area contributed by atoms with Crippen LogP contribution in [0.5, 0.6) is 0 Å². The second kappa shape index (κ2) is 7.46. The number of hydrogen-bond acceptors (Lipinski definition) is 3. The summed E-state index contributed by atoms with van der Waals surface area (Å²) in [5.74, 6) is 0. The van der Waals surface area contributed by atoms with Crippen LogP contribution in [-0.2, 0) is 4.74 Å². The minimum Gasteiger partial charge on any atom is -0.370 e. The van der Waals surface area contributed by atoms with Crippen molar-refractivity contribution in [2.24, 2.45) is 0 Å². The molecule has 1 rings (SSSR count). The molecule has 2 atom stereocenters. The molecule has 0 aliphatic carbocycles. The van der Waals surface area contributed by atoms with E-state index in [1.165, 1.54) is 25.8 Å². The highest BCUT2D eigenvalue weighted by molar-refractivity contribution is 4.82. The summed E-state index contributed by atoms with van der Waals surface area (Å²) < 4.78 is 5.93. The smallest absolute Gasteiger partial charge is 0.0757 e. The van der Waals surface area contributed by atoms with Gasteiger partial charge < -0.3 is 10.1 Å². The van der Waals surface area contributed by atoms with E-state index in [2.05, 4.69) is 44.8 Å². The van der Waals surface area contributed by atoms with E-state index in [9.17, 15) is 0 Å². The summed E-state index contributed by atoms with van der Waals surface area (Å²) in [6, 6.07) is 0.662. The van der Waals surface area contributed by atoms with Gasteiger partial charge in [0.15, 0.2) is 0 Å². The van der Waals surface area contributed by atoms with Gasteiger partial charge in [-0.1, -0.05) is 13.3 Å². The number of rotatable bonds is 7. The van der Waals surface area contributed by atoms with E-state index in [1.54, 1.807) is 0 Å². The summed E-state index contributed by atoms with van der Waals surface area (Å²) in [6.45, 7) is 15.5. The van der Waals surface area contributed by atoms with E-state index in [4.69, 9.17) is 4.74 Å². The molecule has 1 aliphatic heterocycles. The van der Waals surface area contributed by atoms with Crippen LogP contribution in [0.15, 0.2) is 0 Å². The second-order valence-corrected chi connectivity index (χ2v) is 6.38. The lowest BCUT2D eigenvalue weighted by atomic mass is 10.0. The normalized spacial score (nSPS) is 26.2. The summed E-state index contributed by atoms with van der Waals surface area (Å²) in [6.07, 6.45) is 4.28. The first-order chi connectivity index (χ1) is 8.43. The predicted octanol–water partition coefficient (Wildman–Crippen LogP) is 2.65. The maximum Gasteiger partial charge on any atom is 0.0757 e. The Morgan fingerprint density at radius 3 is 2.72 bits per heavy atom. The molecule has 18 heavy (non-hydrogen) atoms. The largest absolute Gasteiger partial charge is 0.370 e. The van der Waals surface area contributed by atoms with Crippen molar-refractivity contribution in [2.45, 2.75) is 71.6 Å². The molecule has 2 unspecified atom stereocenters. The number of ether oxygens (including phenoxy) is 1. The highest BCUT2D eigenvalue weighted by Gasteiger charge is 2.30. The van der Waals surface area contributed by atoms with Crippen molar-refractivity contribution in [2.75, 3.05) is 26.2 Å². The Bertz CT molecular complexity index is 231. The van der Waals surface area contributed by atoms with Gasteiger partial charge in [-0.25, -0.2) is 0 Å². The third-order valence-corrected chi connectivity index (χ3v) is 3.55. The fraction of sp³-hybridized carbons (Fsp3) is 1.00. The highest BCUT2D eigenvalue weighted by atomic mass is 16.5. The van der Waals surface area contributed by atoms with Gasteiger partial charge in [-0.15, -0.1) is 0 Å². The fourth-order valence-electron chi connectivity index (χ4n) is 2.99. The van der Waals surface area contributed by atoms with Gasteiger partial charge in [0.25, 0.3) is 0 Å². The first kappa shape index (κ1) is 15.9. The molecular weight excluding hydrogens is 224 g/mol. The molecule has 1 fully saturated rings. The first-order valence-electron chi connectivity index (χ1n) is 7.56. The number of nitrogens with zero attached hydrogens (tertiary/aromatic N) is 1. The Kier molecular flexibility index (Phi) is 6.61. The third-order valence-electron chi connectivity index (χ3n) is 3.55. The van der Waals surface area contributed by atoms with Crippen molar-refractivity contribution in [3.8, 4) is 0 Å². The third kappa shape index (κ3) is 6.17. The van der Waals surface area contributed by atoms with E-state index in [0.717, 1.165) is 19.6 Å². The molecule has 108 valence electrons. The first-order valence-corrected chi connectivity index (χ1v) is 7.56. The van der Waals surface area contributed by atoms with Crippen molar-refractivity contribution in [3.05, 3.63) is 0 Å². The van der Waals surface area contributed by atoms with E-state index < -0.39 is 0 Å². The van der Waals surface area contributed by atoms with Gasteiger partial charge >= 0.3 is 0 Å². The topological polar surface area (TPSA) is 24.5 Å². The van der Waals surface area contributed by atoms with E-state index in [0.29, 0.717) is 12.1 Å². The fourth-order valence-corrected chi connectivity index (χ4v) is 2.99. The van der Waals surface area contributed by atoms with Crippen LogP contribution in [-0.4, -0.2) is 48.8 Å². The van der Waals surface area contributed by atoms with Crippen molar-refractivity contribution >= 4 is 0 Å². The average molecular weight is 256 g/mol. The Balaban J connectivity index is 2.15. The van der Waals surface area contributed by atoms with Crippen molar-refractivity contribution in [1.82, 2.24) is 10.2 Å². The lowest BCUT2D eigenvalue weighted by molar-refractivity contribution is -0.128. The lowest BCUT2D eigenvalue weighted by Crippen LogP contribution is -2.51. The molecule has 3 heteroatoms. The molecule has 0 bridgehead atoms. The Morgan fingerprint density at radius 2 is 2.11 bits per heavy atom. The molecule has 1 saturated heterocycles. The maximum atomic E-state index is 5.93. The van der Waals surface area contributed by atoms with E-state index >= 15 is 0 Å². The van der Waals surface area contributed by atoms with Gasteiger partial charge in [0.2, 0.25) is 0 Å². The SMILES string of the molecule is CCNC(C)CCCCN1CC(C)OC(C)(C)C1. The molecule has 3 nitrogen and oxygen atoms in total. The minimum atomic E-state index is 0.0225. The standard InChI is InChI=1S/C15H32N2O/c1-6-16-13(2)9-7-8-10-17-11-14(3)18-15(4,5)12-17/h13-14,16H,6-12H2,1-5H3. The minimum absolute atomic E-state index is 0.0225. The second-order valence-electron chi connectivity index (χ2n) is 6.38. The zero-order valence-corrected chi connectivity index (χ0v) is 13.0. The van der Waals surface area contributed by atoms with Crippen molar-refractivity contribution in [1.29, 1.82) is 0 Å². The van der Waals surface area contributed by atoms with Crippen LogP contribution in [0.3, 0.4) is 0 Å². The van der Waals surface area contributed by atoms with Crippen LogP contribution >= 0.6 is 0 Å². The quantitative estimate of drug-likeness (QED) is 0.709. The van der Waals surface area contributed by atoms with Crippen molar-refractivity contribution < 1.29 is 4.74 Å². The van der Waals surface area contributed by atoms with Crippen LogP contribution in [0.2, 0.25) is 0 Å². The summed E-state index contributed by atoms with van der Waals surface area (Å²) in [5.41, 5.74) is 0.0225. The molecule has 1 heterocycles. The van der Waals surface area contributed by atoms with E-state index in [1.807, 2.05) is 0 Å². The van der Waals surface area contributed by atoms with Gasteiger partial charge in [0.05, 0.1) is 11.7 Å². The predicted molar refractivity (Wildman–Crippen MR) is 78.1 cm³/mol. The van der Waals surface area contributed by atoms with Gasteiger partial charge in [-0.2, -0.15) is 0 Å². The van der Waals surface area contributed by atoms with E-state index in [-0.39, 0.29) is 5.60 Å². The summed E-state index contributed by atoms with van der Waals surface area (Å²) in [7, 11) is 0. The number of hydrogen-bond donors (Lipinski definition) is 1. The molecule has 0 spiro atoms. The molecule has 0 saturated carbocycles. The van der Waals surface area contributed by atoms with Crippen molar-refractivity contribution in [3.63, 3.8) is 0 Å². The van der Waals surface area contributed by atoms with Crippen LogP contribution in [0, 0.1) is 0 Å². The monoisotopic (exact) mass is 256 g/mol. The maximum absolute atomic E-state index is 5.93. The summed E-state index contributed by atoms with van der Waals surface area (Å²) >= 11 is 0. The Labute approximate surface area is 113 Å². The summed E-state index contributed by atoms with van der Waals surface area (Å²) in [5, 5.41) is 3.47. The molecular formula is C15H32N2O. The zero-order chi connectivity index (χ0) is 13.6. The average Bonchev–Trinajstić information content (AvgIpc) is 2.22. The Hall–Kier alpha value is -0.120. The molecule has 0 aromatic carbocycles. The van der Waals surface area contributed by atoms with Gasteiger partial charge in [-0.3, -0.25) is 4.90 Å². The highest BCUT2D eigenvalue weighted by Crippen LogP contribution is 2.21. The zero-order valence-electron chi connectivity index (χ0n) is 13.0. The molecule has 0 radical (unpaired) electrons. The molecule has 1 N–H and O–H groups in total. The van der Waals surface area contributed by atoms with Crippen LogP contribution in [0.1, 0.15) is 53.9 Å². The number of unbranched alkanes of at least 4 members (excludes halogenated alkanes) is 1. The lowest BCUT2D eigenvalue weighted by Gasteiger charge is -2.41. The number of nitrogens with one attached hydrogen (secondary N) is 1. The Morgan fingerprint density at radius 1 is 1.39 bits per heavy atom. The molecule has 0 aromatic rings. The van der Waals surface area contributed by atoms with Gasteiger partial charge in [0.1, 0.15) is 0 Å². The van der Waals surface area contributed by atoms with Crippen LogP contribution in [0.4, 0.5) is 0 Å². The number of morpholine rings is 1. The van der Waals surface area contributed by atoms with Gasteiger partial charge in [-0.05, 0) is 53.6 Å².